The third-order valence-corrected chi connectivity index (χ3v) is 2.92. The molecule has 0 fully saturated rings. The summed E-state index contributed by atoms with van der Waals surface area (Å²) in [5.41, 5.74) is 0.216. The number of alkyl halides is 1. The SMILES string of the molecule is O=C(O)Cc1c(Cl)ccc(CBr)c1[N+](=O)[O-]. The summed E-state index contributed by atoms with van der Waals surface area (Å²) < 4.78 is 0. The Kier molecular flexibility index (Phi) is 4.26. The number of carbonyl (C=O) groups is 1. The van der Waals surface area contributed by atoms with Gasteiger partial charge in [-0.15, -0.1) is 0 Å². The number of nitro benzene ring substituents is 1. The van der Waals surface area contributed by atoms with Crippen LogP contribution >= 0.6 is 27.5 Å². The van der Waals surface area contributed by atoms with Crippen LogP contribution in [0.15, 0.2) is 12.1 Å². The van der Waals surface area contributed by atoms with Gasteiger partial charge in [-0.2, -0.15) is 0 Å². The summed E-state index contributed by atoms with van der Waals surface area (Å²) in [4.78, 5) is 20.9. The lowest BCUT2D eigenvalue weighted by Crippen LogP contribution is -2.06. The Labute approximate surface area is 104 Å². The first-order valence-electron chi connectivity index (χ1n) is 4.19. The highest BCUT2D eigenvalue weighted by molar-refractivity contribution is 9.08. The van der Waals surface area contributed by atoms with Gasteiger partial charge in [-0.05, 0) is 12.1 Å². The van der Waals surface area contributed by atoms with E-state index in [1.54, 1.807) is 0 Å². The van der Waals surface area contributed by atoms with Crippen molar-refractivity contribution in [2.75, 3.05) is 0 Å². The third kappa shape index (κ3) is 2.70. The molecule has 0 aromatic heterocycles. The lowest BCUT2D eigenvalue weighted by molar-refractivity contribution is -0.386. The lowest BCUT2D eigenvalue weighted by atomic mass is 10.1. The maximum Gasteiger partial charge on any atom is 0.308 e. The van der Waals surface area contributed by atoms with Gasteiger partial charge in [0.1, 0.15) is 0 Å². The molecule has 0 heterocycles. The van der Waals surface area contributed by atoms with Crippen molar-refractivity contribution in [3.05, 3.63) is 38.4 Å². The first-order chi connectivity index (χ1) is 7.47. The third-order valence-electron chi connectivity index (χ3n) is 1.96. The highest BCUT2D eigenvalue weighted by Gasteiger charge is 2.23. The number of benzene rings is 1. The topological polar surface area (TPSA) is 80.4 Å². The lowest BCUT2D eigenvalue weighted by Gasteiger charge is -2.06. The van der Waals surface area contributed by atoms with Crippen LogP contribution in [-0.4, -0.2) is 16.0 Å². The molecule has 0 spiro atoms. The quantitative estimate of drug-likeness (QED) is 0.527. The van der Waals surface area contributed by atoms with Crippen molar-refractivity contribution in [2.24, 2.45) is 0 Å². The first kappa shape index (κ1) is 12.9. The summed E-state index contributed by atoms with van der Waals surface area (Å²) in [5, 5.41) is 19.9. The summed E-state index contributed by atoms with van der Waals surface area (Å²) in [6.07, 6.45) is -0.462. The molecule has 1 N–H and O–H groups in total. The van der Waals surface area contributed by atoms with E-state index >= 15 is 0 Å². The minimum absolute atomic E-state index is 0.0381. The summed E-state index contributed by atoms with van der Waals surface area (Å²) in [5.74, 6) is -1.16. The summed E-state index contributed by atoms with van der Waals surface area (Å²) in [6.45, 7) is 0. The van der Waals surface area contributed by atoms with Crippen LogP contribution in [0, 0.1) is 10.1 Å². The van der Waals surface area contributed by atoms with Crippen molar-refractivity contribution in [3.8, 4) is 0 Å². The fourth-order valence-electron chi connectivity index (χ4n) is 1.31. The van der Waals surface area contributed by atoms with E-state index in [0.717, 1.165) is 0 Å². The highest BCUT2D eigenvalue weighted by atomic mass is 79.9. The number of hydrogen-bond acceptors (Lipinski definition) is 3. The average Bonchev–Trinajstić information content (AvgIpc) is 2.19. The van der Waals surface area contributed by atoms with E-state index in [-0.39, 0.29) is 21.6 Å². The van der Waals surface area contributed by atoms with Gasteiger partial charge in [0.2, 0.25) is 0 Å². The molecule has 0 aliphatic rings. The van der Waals surface area contributed by atoms with Crippen LogP contribution in [0.3, 0.4) is 0 Å². The van der Waals surface area contributed by atoms with Crippen LogP contribution in [0.1, 0.15) is 11.1 Å². The molecule has 1 rings (SSSR count). The molecule has 0 radical (unpaired) electrons. The van der Waals surface area contributed by atoms with Crippen molar-refractivity contribution in [1.29, 1.82) is 0 Å². The van der Waals surface area contributed by atoms with Crippen LogP contribution < -0.4 is 0 Å². The Morgan fingerprint density at radius 3 is 2.62 bits per heavy atom. The molecular formula is C9H7BrClNO4. The van der Waals surface area contributed by atoms with Gasteiger partial charge >= 0.3 is 5.97 Å². The number of halogens is 2. The van der Waals surface area contributed by atoms with Crippen LogP contribution in [0.2, 0.25) is 5.02 Å². The van der Waals surface area contributed by atoms with E-state index < -0.39 is 17.3 Å². The van der Waals surface area contributed by atoms with Crippen LogP contribution in [0.5, 0.6) is 0 Å². The van der Waals surface area contributed by atoms with Gasteiger partial charge in [0.15, 0.2) is 0 Å². The fraction of sp³-hybridized carbons (Fsp3) is 0.222. The van der Waals surface area contributed by atoms with E-state index in [1.807, 2.05) is 0 Å². The monoisotopic (exact) mass is 307 g/mol. The normalized spacial score (nSPS) is 10.1. The smallest absolute Gasteiger partial charge is 0.308 e. The number of carboxylic acids is 1. The zero-order chi connectivity index (χ0) is 12.3. The zero-order valence-electron chi connectivity index (χ0n) is 7.94. The van der Waals surface area contributed by atoms with Crippen molar-refractivity contribution >= 4 is 39.2 Å². The van der Waals surface area contributed by atoms with Gasteiger partial charge in [0.05, 0.1) is 21.9 Å². The maximum atomic E-state index is 10.9. The minimum atomic E-state index is -1.16. The second-order valence-electron chi connectivity index (χ2n) is 2.99. The zero-order valence-corrected chi connectivity index (χ0v) is 10.3. The summed E-state index contributed by atoms with van der Waals surface area (Å²) in [6, 6.07) is 2.96. The summed E-state index contributed by atoms with van der Waals surface area (Å²) in [7, 11) is 0. The van der Waals surface area contributed by atoms with Crippen molar-refractivity contribution in [2.45, 2.75) is 11.8 Å². The molecule has 0 amide bonds. The molecule has 0 saturated carbocycles. The van der Waals surface area contributed by atoms with Crippen LogP contribution in [-0.2, 0) is 16.5 Å². The Morgan fingerprint density at radius 2 is 2.19 bits per heavy atom. The first-order valence-corrected chi connectivity index (χ1v) is 5.69. The van der Waals surface area contributed by atoms with Crippen molar-refractivity contribution in [1.82, 2.24) is 0 Å². The van der Waals surface area contributed by atoms with E-state index in [4.69, 9.17) is 16.7 Å². The van der Waals surface area contributed by atoms with Gasteiger partial charge in [0.25, 0.3) is 5.69 Å². The molecule has 0 saturated heterocycles. The van der Waals surface area contributed by atoms with E-state index in [1.165, 1.54) is 12.1 Å². The largest absolute Gasteiger partial charge is 0.481 e. The predicted octanol–water partition coefficient (Wildman–Crippen LogP) is 2.77. The van der Waals surface area contributed by atoms with Crippen molar-refractivity contribution in [3.63, 3.8) is 0 Å². The molecule has 16 heavy (non-hydrogen) atoms. The maximum absolute atomic E-state index is 10.9. The number of nitrogens with zero attached hydrogens (tertiary/aromatic N) is 1. The molecule has 7 heteroatoms. The number of aliphatic carboxylic acids is 1. The van der Waals surface area contributed by atoms with E-state index in [0.29, 0.717) is 5.56 Å². The van der Waals surface area contributed by atoms with Gasteiger partial charge in [-0.1, -0.05) is 27.5 Å². The number of carboxylic acid groups (broad SMARTS) is 1. The second-order valence-corrected chi connectivity index (χ2v) is 3.96. The van der Waals surface area contributed by atoms with Gasteiger partial charge < -0.3 is 5.11 Å². The number of nitro groups is 1. The van der Waals surface area contributed by atoms with Crippen molar-refractivity contribution < 1.29 is 14.8 Å². The minimum Gasteiger partial charge on any atom is -0.481 e. The molecule has 0 unspecified atom stereocenters. The molecule has 0 atom stereocenters. The fourth-order valence-corrected chi connectivity index (χ4v) is 1.99. The molecule has 0 aliphatic carbocycles. The van der Waals surface area contributed by atoms with Crippen LogP contribution in [0.25, 0.3) is 0 Å². The number of hydrogen-bond donors (Lipinski definition) is 1. The molecule has 86 valence electrons. The molecular weight excluding hydrogens is 301 g/mol. The standard InChI is InChI=1S/C9H7BrClNO4/c10-4-5-1-2-7(11)6(3-8(13)14)9(5)12(15)16/h1-2H,3-4H2,(H,13,14). The van der Waals surface area contributed by atoms with Gasteiger partial charge in [0, 0.05) is 10.9 Å². The van der Waals surface area contributed by atoms with E-state index in [2.05, 4.69) is 15.9 Å². The number of rotatable bonds is 4. The second kappa shape index (κ2) is 5.27. The Morgan fingerprint density at radius 1 is 1.56 bits per heavy atom. The van der Waals surface area contributed by atoms with Gasteiger partial charge in [-0.25, -0.2) is 0 Å². The predicted molar refractivity (Wildman–Crippen MR) is 62.1 cm³/mol. The molecule has 5 nitrogen and oxygen atoms in total. The molecule has 0 bridgehead atoms. The molecule has 1 aromatic rings. The molecule has 0 aliphatic heterocycles. The summed E-state index contributed by atoms with van der Waals surface area (Å²) >= 11 is 8.87. The highest BCUT2D eigenvalue weighted by Crippen LogP contribution is 2.32. The van der Waals surface area contributed by atoms with E-state index in [9.17, 15) is 14.9 Å². The van der Waals surface area contributed by atoms with Gasteiger partial charge in [-0.3, -0.25) is 14.9 Å². The Bertz CT molecular complexity index is 449. The Hall–Kier alpha value is -1.14. The Balaban J connectivity index is 3.41. The molecule has 1 aromatic carbocycles. The van der Waals surface area contributed by atoms with Crippen LogP contribution in [0.4, 0.5) is 5.69 Å². The average molecular weight is 309 g/mol.